The number of carbonyl (C=O) groups is 1. The van der Waals surface area contributed by atoms with E-state index < -0.39 is 15.9 Å². The van der Waals surface area contributed by atoms with E-state index in [0.29, 0.717) is 10.7 Å². The summed E-state index contributed by atoms with van der Waals surface area (Å²) in [5.74, 6) is -0.402. The lowest BCUT2D eigenvalue weighted by Crippen LogP contribution is -2.30. The zero-order valence-corrected chi connectivity index (χ0v) is 18.2. The Morgan fingerprint density at radius 1 is 1.10 bits per heavy atom. The number of halogens is 2. The second-order valence-electron chi connectivity index (χ2n) is 6.37. The molecule has 0 spiro atoms. The first kappa shape index (κ1) is 21.2. The maximum absolute atomic E-state index is 13.0. The lowest BCUT2D eigenvalue weighted by molar-refractivity contribution is 0.102. The Hall–Kier alpha value is -2.55. The minimum atomic E-state index is -3.89. The molecule has 152 valence electrons. The van der Waals surface area contributed by atoms with E-state index in [-0.39, 0.29) is 21.3 Å². The number of nitrogens with one attached hydrogen (secondary N) is 1. The molecular weight excluding hydrogens is 435 g/mol. The lowest BCUT2D eigenvalue weighted by Gasteiger charge is -2.21. The fourth-order valence-corrected chi connectivity index (χ4v) is 4.26. The minimum absolute atomic E-state index is 0.0942. The second-order valence-corrected chi connectivity index (χ2v) is 9.16. The van der Waals surface area contributed by atoms with Crippen LogP contribution in [-0.2, 0) is 17.1 Å². The van der Waals surface area contributed by atoms with Crippen molar-refractivity contribution in [3.8, 4) is 0 Å². The number of nitrogens with zero attached hydrogens (tertiary/aromatic N) is 3. The standard InChI is InChI=1S/C19H18Cl2N4O3S/c1-12-4-7-14(8-5-12)29(27,28)25(3)19-15(11-22-24(19)2)18(26)23-13-6-9-16(20)17(21)10-13/h4-11H,1-3H3,(H,23,26). The maximum atomic E-state index is 13.0. The summed E-state index contributed by atoms with van der Waals surface area (Å²) in [5, 5.41) is 7.38. The molecular formula is C19H18Cl2N4O3S. The zero-order chi connectivity index (χ0) is 21.3. The van der Waals surface area contributed by atoms with E-state index >= 15 is 0 Å². The SMILES string of the molecule is Cc1ccc(S(=O)(=O)N(C)c2c(C(=O)Nc3ccc(Cl)c(Cl)c3)cnn2C)cc1. The Bertz CT molecular complexity index is 1170. The Morgan fingerprint density at radius 2 is 1.76 bits per heavy atom. The molecule has 0 saturated heterocycles. The summed E-state index contributed by atoms with van der Waals surface area (Å²) < 4.78 is 28.4. The van der Waals surface area contributed by atoms with E-state index in [0.717, 1.165) is 9.87 Å². The van der Waals surface area contributed by atoms with Crippen LogP contribution in [-0.4, -0.2) is 31.2 Å². The molecule has 3 rings (SSSR count). The molecule has 1 heterocycles. The molecule has 7 nitrogen and oxygen atoms in total. The number of aryl methyl sites for hydroxylation is 2. The molecule has 29 heavy (non-hydrogen) atoms. The van der Waals surface area contributed by atoms with Crippen molar-refractivity contribution >= 4 is 50.6 Å². The zero-order valence-electron chi connectivity index (χ0n) is 15.8. The molecule has 0 atom stereocenters. The van der Waals surface area contributed by atoms with Gasteiger partial charge in [-0.3, -0.25) is 13.8 Å². The van der Waals surface area contributed by atoms with Gasteiger partial charge in [0.05, 0.1) is 21.1 Å². The summed E-state index contributed by atoms with van der Waals surface area (Å²) in [6.45, 7) is 1.87. The van der Waals surface area contributed by atoms with Crippen LogP contribution in [0.3, 0.4) is 0 Å². The van der Waals surface area contributed by atoms with Gasteiger partial charge in [0.25, 0.3) is 15.9 Å². The van der Waals surface area contributed by atoms with Crippen LogP contribution in [0.25, 0.3) is 0 Å². The number of carbonyl (C=O) groups excluding carboxylic acids is 1. The third-order valence-corrected chi connectivity index (χ3v) is 6.81. The van der Waals surface area contributed by atoms with E-state index in [4.69, 9.17) is 23.2 Å². The van der Waals surface area contributed by atoms with E-state index in [1.54, 1.807) is 31.3 Å². The summed E-state index contributed by atoms with van der Waals surface area (Å²) in [6.07, 6.45) is 1.31. The van der Waals surface area contributed by atoms with Crippen LogP contribution in [0.5, 0.6) is 0 Å². The molecule has 1 aromatic heterocycles. The van der Waals surface area contributed by atoms with E-state index in [1.165, 1.54) is 36.1 Å². The number of aromatic nitrogens is 2. The van der Waals surface area contributed by atoms with Crippen molar-refractivity contribution in [3.05, 3.63) is 69.8 Å². The average Bonchev–Trinajstić information content (AvgIpc) is 3.06. The van der Waals surface area contributed by atoms with Crippen LogP contribution in [0.15, 0.2) is 53.6 Å². The molecule has 0 radical (unpaired) electrons. The third-order valence-electron chi connectivity index (χ3n) is 4.31. The van der Waals surface area contributed by atoms with Gasteiger partial charge in [0.15, 0.2) is 5.82 Å². The van der Waals surface area contributed by atoms with Crippen LogP contribution in [0.4, 0.5) is 11.5 Å². The molecule has 0 unspecified atom stereocenters. The van der Waals surface area contributed by atoms with Crippen molar-refractivity contribution in [2.24, 2.45) is 7.05 Å². The Morgan fingerprint density at radius 3 is 2.38 bits per heavy atom. The quantitative estimate of drug-likeness (QED) is 0.630. The molecule has 0 aliphatic rings. The summed E-state index contributed by atoms with van der Waals surface area (Å²) in [6, 6.07) is 11.1. The second kappa shape index (κ2) is 8.06. The first-order valence-electron chi connectivity index (χ1n) is 8.45. The van der Waals surface area contributed by atoms with Crippen molar-refractivity contribution in [1.82, 2.24) is 9.78 Å². The summed E-state index contributed by atoms with van der Waals surface area (Å²) >= 11 is 11.9. The van der Waals surface area contributed by atoms with Gasteiger partial charge in [-0.15, -0.1) is 0 Å². The number of benzene rings is 2. The van der Waals surface area contributed by atoms with Gasteiger partial charge in [0.2, 0.25) is 0 Å². The van der Waals surface area contributed by atoms with Gasteiger partial charge in [-0.25, -0.2) is 8.42 Å². The van der Waals surface area contributed by atoms with E-state index in [9.17, 15) is 13.2 Å². The highest BCUT2D eigenvalue weighted by molar-refractivity contribution is 7.92. The van der Waals surface area contributed by atoms with Crippen LogP contribution in [0.2, 0.25) is 10.0 Å². The molecule has 1 amide bonds. The highest BCUT2D eigenvalue weighted by Crippen LogP contribution is 2.28. The van der Waals surface area contributed by atoms with Gasteiger partial charge < -0.3 is 5.32 Å². The first-order chi connectivity index (χ1) is 13.6. The van der Waals surface area contributed by atoms with Crippen LogP contribution in [0, 0.1) is 6.92 Å². The summed E-state index contributed by atoms with van der Waals surface area (Å²) in [5.41, 5.74) is 1.45. The lowest BCUT2D eigenvalue weighted by atomic mass is 10.2. The van der Waals surface area contributed by atoms with Gasteiger partial charge in [-0.2, -0.15) is 5.10 Å². The maximum Gasteiger partial charge on any atom is 0.265 e. The van der Waals surface area contributed by atoms with Gasteiger partial charge in [-0.1, -0.05) is 40.9 Å². The van der Waals surface area contributed by atoms with Crippen LogP contribution < -0.4 is 9.62 Å². The van der Waals surface area contributed by atoms with Crippen LogP contribution in [0.1, 0.15) is 15.9 Å². The number of hydrogen-bond donors (Lipinski definition) is 1. The van der Waals surface area contributed by atoms with Gasteiger partial charge in [0, 0.05) is 19.8 Å². The largest absolute Gasteiger partial charge is 0.322 e. The Balaban J connectivity index is 1.95. The molecule has 0 fully saturated rings. The van der Waals surface area contributed by atoms with Gasteiger partial charge >= 0.3 is 0 Å². The van der Waals surface area contributed by atoms with Crippen molar-refractivity contribution in [3.63, 3.8) is 0 Å². The van der Waals surface area contributed by atoms with Crippen molar-refractivity contribution in [2.45, 2.75) is 11.8 Å². The highest BCUT2D eigenvalue weighted by Gasteiger charge is 2.28. The summed E-state index contributed by atoms with van der Waals surface area (Å²) in [4.78, 5) is 12.9. The Labute approximate surface area is 178 Å². The van der Waals surface area contributed by atoms with E-state index in [1.807, 2.05) is 6.92 Å². The average molecular weight is 453 g/mol. The molecule has 10 heteroatoms. The topological polar surface area (TPSA) is 84.3 Å². The molecule has 1 N–H and O–H groups in total. The normalized spacial score (nSPS) is 11.3. The van der Waals surface area contributed by atoms with Crippen molar-refractivity contribution in [2.75, 3.05) is 16.7 Å². The van der Waals surface area contributed by atoms with Crippen molar-refractivity contribution < 1.29 is 13.2 Å². The first-order valence-corrected chi connectivity index (χ1v) is 10.6. The van der Waals surface area contributed by atoms with Crippen LogP contribution >= 0.6 is 23.2 Å². The number of hydrogen-bond acceptors (Lipinski definition) is 4. The van der Waals surface area contributed by atoms with Gasteiger partial charge in [-0.05, 0) is 37.3 Å². The van der Waals surface area contributed by atoms with E-state index in [2.05, 4.69) is 10.4 Å². The number of amides is 1. The fraction of sp³-hybridized carbons (Fsp3) is 0.158. The number of anilines is 2. The summed E-state index contributed by atoms with van der Waals surface area (Å²) in [7, 11) is -0.949. The molecule has 3 aromatic rings. The van der Waals surface area contributed by atoms with Crippen molar-refractivity contribution in [1.29, 1.82) is 0 Å². The molecule has 0 aliphatic carbocycles. The monoisotopic (exact) mass is 452 g/mol. The molecule has 0 bridgehead atoms. The number of rotatable bonds is 5. The fourth-order valence-electron chi connectivity index (χ4n) is 2.72. The highest BCUT2D eigenvalue weighted by atomic mass is 35.5. The van der Waals surface area contributed by atoms with Gasteiger partial charge in [0.1, 0.15) is 5.56 Å². The third kappa shape index (κ3) is 4.24. The molecule has 0 saturated carbocycles. The minimum Gasteiger partial charge on any atom is -0.322 e. The smallest absolute Gasteiger partial charge is 0.265 e. The predicted molar refractivity (Wildman–Crippen MR) is 114 cm³/mol. The molecule has 0 aliphatic heterocycles. The number of sulfonamides is 1. The predicted octanol–water partition coefficient (Wildman–Crippen LogP) is 4.11. The molecule has 2 aromatic carbocycles. The Kier molecular flexibility index (Phi) is 5.88.